The fourth-order valence-electron chi connectivity index (χ4n) is 2.29. The highest BCUT2D eigenvalue weighted by Gasteiger charge is 2.28. The predicted molar refractivity (Wildman–Crippen MR) is 70.5 cm³/mol. The van der Waals surface area contributed by atoms with Crippen molar-refractivity contribution in [1.82, 2.24) is 14.9 Å². The molecule has 5 heteroatoms. The zero-order chi connectivity index (χ0) is 13.1. The van der Waals surface area contributed by atoms with E-state index in [0.717, 1.165) is 13.0 Å². The smallest absolute Gasteiger partial charge is 0.274 e. The van der Waals surface area contributed by atoms with Crippen LogP contribution in [0.3, 0.4) is 0 Å². The maximum absolute atomic E-state index is 12.4. The molecule has 1 saturated heterocycles. The van der Waals surface area contributed by atoms with Crippen molar-refractivity contribution in [2.24, 2.45) is 5.92 Å². The van der Waals surface area contributed by atoms with Crippen LogP contribution in [0, 0.1) is 5.92 Å². The molecule has 2 rings (SSSR count). The van der Waals surface area contributed by atoms with Crippen LogP contribution in [0.15, 0.2) is 12.4 Å². The molecular formula is C13H20N4O. The Labute approximate surface area is 108 Å². The van der Waals surface area contributed by atoms with Gasteiger partial charge in [0.1, 0.15) is 11.5 Å². The van der Waals surface area contributed by atoms with Crippen molar-refractivity contribution >= 4 is 11.7 Å². The van der Waals surface area contributed by atoms with Crippen LogP contribution in [0.25, 0.3) is 0 Å². The van der Waals surface area contributed by atoms with Crippen LogP contribution >= 0.6 is 0 Å². The number of piperidine rings is 1. The molecule has 1 fully saturated rings. The average molecular weight is 248 g/mol. The van der Waals surface area contributed by atoms with Gasteiger partial charge in [0.15, 0.2) is 0 Å². The van der Waals surface area contributed by atoms with Gasteiger partial charge in [-0.15, -0.1) is 0 Å². The number of hydrogen-bond acceptors (Lipinski definition) is 4. The van der Waals surface area contributed by atoms with E-state index in [1.165, 1.54) is 6.42 Å². The molecule has 5 nitrogen and oxygen atoms in total. The Morgan fingerprint density at radius 2 is 2.11 bits per heavy atom. The van der Waals surface area contributed by atoms with E-state index in [0.29, 0.717) is 23.5 Å². The van der Waals surface area contributed by atoms with Crippen LogP contribution in [-0.4, -0.2) is 40.4 Å². The molecule has 0 spiro atoms. The summed E-state index contributed by atoms with van der Waals surface area (Å²) in [7, 11) is 1.78. The standard InChI is InChI=1S/C13H20N4O/c1-9-4-5-10(2)17(8-9)13(18)11-6-16-12(14-3)7-15-11/h6-7,9-10H,4-5,8H2,1-3H3,(H,14,16). The number of carbonyl (C=O) groups excluding carboxylic acids is 1. The van der Waals surface area contributed by atoms with E-state index in [-0.39, 0.29) is 5.91 Å². The highest BCUT2D eigenvalue weighted by molar-refractivity contribution is 5.92. The van der Waals surface area contributed by atoms with E-state index in [2.05, 4.69) is 29.1 Å². The fraction of sp³-hybridized carbons (Fsp3) is 0.615. The van der Waals surface area contributed by atoms with Crippen LogP contribution in [-0.2, 0) is 0 Å². The summed E-state index contributed by atoms with van der Waals surface area (Å²) in [6.45, 7) is 5.09. The molecular weight excluding hydrogens is 228 g/mol. The molecule has 1 aromatic rings. The minimum atomic E-state index is -0.01000. The van der Waals surface area contributed by atoms with Crippen molar-refractivity contribution in [1.29, 1.82) is 0 Å². The van der Waals surface area contributed by atoms with Crippen molar-refractivity contribution in [3.05, 3.63) is 18.1 Å². The molecule has 0 aliphatic carbocycles. The largest absolute Gasteiger partial charge is 0.372 e. The van der Waals surface area contributed by atoms with Crippen molar-refractivity contribution in [3.63, 3.8) is 0 Å². The Hall–Kier alpha value is -1.65. The summed E-state index contributed by atoms with van der Waals surface area (Å²) in [4.78, 5) is 22.6. The van der Waals surface area contributed by atoms with Gasteiger partial charge in [-0.1, -0.05) is 6.92 Å². The van der Waals surface area contributed by atoms with E-state index < -0.39 is 0 Å². The van der Waals surface area contributed by atoms with Crippen LogP contribution in [0.4, 0.5) is 5.82 Å². The van der Waals surface area contributed by atoms with Crippen LogP contribution in [0.5, 0.6) is 0 Å². The molecule has 18 heavy (non-hydrogen) atoms. The van der Waals surface area contributed by atoms with E-state index in [4.69, 9.17) is 0 Å². The monoisotopic (exact) mass is 248 g/mol. The molecule has 1 aliphatic rings. The average Bonchev–Trinajstić information content (AvgIpc) is 2.41. The third kappa shape index (κ3) is 2.60. The van der Waals surface area contributed by atoms with Crippen molar-refractivity contribution in [2.45, 2.75) is 32.7 Å². The first-order valence-corrected chi connectivity index (χ1v) is 6.42. The molecule has 0 saturated carbocycles. The summed E-state index contributed by atoms with van der Waals surface area (Å²) >= 11 is 0. The van der Waals surface area contributed by atoms with Crippen LogP contribution < -0.4 is 5.32 Å². The number of nitrogens with one attached hydrogen (secondary N) is 1. The molecule has 1 N–H and O–H groups in total. The third-order valence-electron chi connectivity index (χ3n) is 3.51. The summed E-state index contributed by atoms with van der Waals surface area (Å²) < 4.78 is 0. The zero-order valence-electron chi connectivity index (χ0n) is 11.2. The Bertz CT molecular complexity index is 418. The minimum absolute atomic E-state index is 0.01000. The molecule has 1 aromatic heterocycles. The second kappa shape index (κ2) is 5.33. The molecule has 2 heterocycles. The molecule has 0 aromatic carbocycles. The first kappa shape index (κ1) is 12.8. The third-order valence-corrected chi connectivity index (χ3v) is 3.51. The lowest BCUT2D eigenvalue weighted by atomic mass is 9.95. The summed E-state index contributed by atoms with van der Waals surface area (Å²) in [6.07, 6.45) is 5.38. The number of nitrogens with zero attached hydrogens (tertiary/aromatic N) is 3. The van der Waals surface area contributed by atoms with Gasteiger partial charge in [-0.2, -0.15) is 0 Å². The Kier molecular flexibility index (Phi) is 3.79. The van der Waals surface area contributed by atoms with E-state index in [1.807, 2.05) is 4.90 Å². The molecule has 0 bridgehead atoms. The highest BCUT2D eigenvalue weighted by Crippen LogP contribution is 2.22. The number of aromatic nitrogens is 2. The van der Waals surface area contributed by atoms with Gasteiger partial charge in [-0.05, 0) is 25.7 Å². The topological polar surface area (TPSA) is 58.1 Å². The number of rotatable bonds is 2. The van der Waals surface area contributed by atoms with E-state index in [9.17, 15) is 4.79 Å². The lowest BCUT2D eigenvalue weighted by Gasteiger charge is -2.36. The number of likely N-dealkylation sites (tertiary alicyclic amines) is 1. The minimum Gasteiger partial charge on any atom is -0.372 e. The summed E-state index contributed by atoms with van der Waals surface area (Å²) in [5.41, 5.74) is 0.426. The van der Waals surface area contributed by atoms with Gasteiger partial charge < -0.3 is 10.2 Å². The second-order valence-corrected chi connectivity index (χ2v) is 5.03. The molecule has 98 valence electrons. The zero-order valence-corrected chi connectivity index (χ0v) is 11.2. The van der Waals surface area contributed by atoms with Gasteiger partial charge >= 0.3 is 0 Å². The summed E-state index contributed by atoms with van der Waals surface area (Å²) in [5, 5.41) is 2.89. The normalized spacial score (nSPS) is 23.8. The van der Waals surface area contributed by atoms with Gasteiger partial charge in [0, 0.05) is 19.6 Å². The predicted octanol–water partition coefficient (Wildman–Crippen LogP) is 1.78. The van der Waals surface area contributed by atoms with E-state index in [1.54, 1.807) is 19.4 Å². The SMILES string of the molecule is CNc1cnc(C(=O)N2CC(C)CCC2C)cn1. The van der Waals surface area contributed by atoms with Crippen LogP contribution in [0.1, 0.15) is 37.2 Å². The highest BCUT2D eigenvalue weighted by atomic mass is 16.2. The number of carbonyl (C=O) groups is 1. The summed E-state index contributed by atoms with van der Waals surface area (Å²) in [6, 6.07) is 0.291. The Balaban J connectivity index is 2.13. The molecule has 2 atom stereocenters. The van der Waals surface area contributed by atoms with Gasteiger partial charge in [0.2, 0.25) is 0 Å². The quantitative estimate of drug-likeness (QED) is 0.866. The fourth-order valence-corrected chi connectivity index (χ4v) is 2.29. The maximum atomic E-state index is 12.4. The molecule has 2 unspecified atom stereocenters. The lowest BCUT2D eigenvalue weighted by molar-refractivity contribution is 0.0567. The van der Waals surface area contributed by atoms with Gasteiger partial charge in [0.25, 0.3) is 5.91 Å². The van der Waals surface area contributed by atoms with Gasteiger partial charge in [0.05, 0.1) is 12.4 Å². The molecule has 0 radical (unpaired) electrons. The second-order valence-electron chi connectivity index (χ2n) is 5.03. The van der Waals surface area contributed by atoms with Crippen molar-refractivity contribution in [2.75, 3.05) is 18.9 Å². The summed E-state index contributed by atoms with van der Waals surface area (Å²) in [5.74, 6) is 1.23. The van der Waals surface area contributed by atoms with Gasteiger partial charge in [-0.25, -0.2) is 9.97 Å². The first-order valence-electron chi connectivity index (χ1n) is 6.42. The number of anilines is 1. The van der Waals surface area contributed by atoms with Crippen molar-refractivity contribution < 1.29 is 4.79 Å². The number of amides is 1. The molecule has 1 aliphatic heterocycles. The first-order chi connectivity index (χ1) is 8.61. The van der Waals surface area contributed by atoms with Crippen LogP contribution in [0.2, 0.25) is 0 Å². The Morgan fingerprint density at radius 3 is 2.72 bits per heavy atom. The maximum Gasteiger partial charge on any atom is 0.274 e. The Morgan fingerprint density at radius 1 is 1.33 bits per heavy atom. The molecule has 1 amide bonds. The van der Waals surface area contributed by atoms with E-state index >= 15 is 0 Å². The van der Waals surface area contributed by atoms with Crippen molar-refractivity contribution in [3.8, 4) is 0 Å². The van der Waals surface area contributed by atoms with Gasteiger partial charge in [-0.3, -0.25) is 4.79 Å². The number of hydrogen-bond donors (Lipinski definition) is 1. The lowest BCUT2D eigenvalue weighted by Crippen LogP contribution is -2.45.